The maximum atomic E-state index is 12.0. The summed E-state index contributed by atoms with van der Waals surface area (Å²) in [6.07, 6.45) is 4.64. The molecule has 0 aliphatic heterocycles. The molecule has 116 valence electrons. The Morgan fingerprint density at radius 2 is 2.00 bits per heavy atom. The minimum atomic E-state index is -0.240. The highest BCUT2D eigenvalue weighted by Crippen LogP contribution is 2.40. The predicted molar refractivity (Wildman–Crippen MR) is 84.8 cm³/mol. The lowest BCUT2D eigenvalue weighted by Gasteiger charge is -2.30. The molecule has 5 nitrogen and oxygen atoms in total. The molecular formula is C17H21N3O2. The third-order valence-electron chi connectivity index (χ3n) is 4.40. The molecule has 0 spiro atoms. The van der Waals surface area contributed by atoms with E-state index in [1.54, 1.807) is 13.0 Å². The number of hydrogen-bond donors (Lipinski definition) is 2. The van der Waals surface area contributed by atoms with E-state index in [1.807, 2.05) is 6.07 Å². The van der Waals surface area contributed by atoms with Gasteiger partial charge in [-0.2, -0.15) is 0 Å². The summed E-state index contributed by atoms with van der Waals surface area (Å²) in [7, 11) is 0. The number of carbonyl (C=O) groups is 1. The topological polar surface area (TPSA) is 67.2 Å². The second-order valence-electron chi connectivity index (χ2n) is 5.98. The Bertz CT molecular complexity index is 630. The van der Waals surface area contributed by atoms with Crippen LogP contribution in [0, 0.1) is 6.92 Å². The van der Waals surface area contributed by atoms with E-state index >= 15 is 0 Å². The highest BCUT2D eigenvalue weighted by Gasteiger charge is 2.35. The van der Waals surface area contributed by atoms with Crippen LogP contribution in [-0.4, -0.2) is 17.7 Å². The van der Waals surface area contributed by atoms with E-state index in [0.717, 1.165) is 12.8 Å². The van der Waals surface area contributed by atoms with Gasteiger partial charge in [-0.05, 0) is 25.3 Å². The van der Waals surface area contributed by atoms with Crippen LogP contribution >= 0.6 is 0 Å². The quantitative estimate of drug-likeness (QED) is 0.906. The first-order valence-corrected chi connectivity index (χ1v) is 7.72. The maximum absolute atomic E-state index is 12.0. The first-order chi connectivity index (χ1) is 10.7. The first kappa shape index (κ1) is 14.6. The normalized spacial score (nSPS) is 16.4. The standard InChI is InChI=1S/C17H21N3O2/c1-13-11-15(20-22-13)19-16(21)18-12-17(9-5-6-10-17)14-7-3-2-4-8-14/h2-4,7-8,11H,5-6,9-10,12H2,1H3,(H2,18,19,20,21). The van der Waals surface area contributed by atoms with E-state index in [4.69, 9.17) is 4.52 Å². The number of aryl methyl sites for hydroxylation is 1. The average Bonchev–Trinajstić information content (AvgIpc) is 3.16. The number of amides is 2. The van der Waals surface area contributed by atoms with Crippen LogP contribution in [0.1, 0.15) is 37.0 Å². The van der Waals surface area contributed by atoms with Crippen molar-refractivity contribution in [3.05, 3.63) is 47.7 Å². The Hall–Kier alpha value is -2.30. The number of nitrogens with zero attached hydrogens (tertiary/aromatic N) is 1. The van der Waals surface area contributed by atoms with Crippen molar-refractivity contribution in [3.8, 4) is 0 Å². The molecule has 1 fully saturated rings. The van der Waals surface area contributed by atoms with Gasteiger partial charge in [-0.25, -0.2) is 4.79 Å². The summed E-state index contributed by atoms with van der Waals surface area (Å²) in [6.45, 7) is 2.43. The molecular weight excluding hydrogens is 278 g/mol. The molecule has 1 aliphatic rings. The zero-order valence-electron chi connectivity index (χ0n) is 12.8. The highest BCUT2D eigenvalue weighted by molar-refractivity contribution is 5.88. The smallest absolute Gasteiger partial charge is 0.320 e. The van der Waals surface area contributed by atoms with Crippen LogP contribution in [0.3, 0.4) is 0 Å². The van der Waals surface area contributed by atoms with Gasteiger partial charge in [0.2, 0.25) is 0 Å². The van der Waals surface area contributed by atoms with Crippen molar-refractivity contribution in [1.82, 2.24) is 10.5 Å². The molecule has 2 aromatic rings. The number of anilines is 1. The summed E-state index contributed by atoms with van der Waals surface area (Å²) in [4.78, 5) is 12.0. The van der Waals surface area contributed by atoms with Gasteiger partial charge < -0.3 is 9.84 Å². The summed E-state index contributed by atoms with van der Waals surface area (Å²) in [6, 6.07) is 11.9. The summed E-state index contributed by atoms with van der Waals surface area (Å²) >= 11 is 0. The molecule has 1 saturated carbocycles. The number of rotatable bonds is 4. The molecule has 2 amide bonds. The summed E-state index contributed by atoms with van der Waals surface area (Å²) in [5, 5.41) is 9.45. The molecule has 2 N–H and O–H groups in total. The lowest BCUT2D eigenvalue weighted by molar-refractivity contribution is 0.248. The van der Waals surface area contributed by atoms with E-state index in [-0.39, 0.29) is 11.4 Å². The fourth-order valence-electron chi connectivity index (χ4n) is 3.25. The third-order valence-corrected chi connectivity index (χ3v) is 4.40. The van der Waals surface area contributed by atoms with Gasteiger partial charge in [0.25, 0.3) is 0 Å². The maximum Gasteiger partial charge on any atom is 0.320 e. The van der Waals surface area contributed by atoms with Crippen molar-refractivity contribution in [2.45, 2.75) is 38.0 Å². The Balaban J connectivity index is 1.64. The van der Waals surface area contributed by atoms with Crippen LogP contribution in [-0.2, 0) is 5.41 Å². The van der Waals surface area contributed by atoms with Crippen molar-refractivity contribution in [1.29, 1.82) is 0 Å². The SMILES string of the molecule is Cc1cc(NC(=O)NCC2(c3ccccc3)CCCC2)no1. The first-order valence-electron chi connectivity index (χ1n) is 7.72. The molecule has 0 unspecified atom stereocenters. The molecule has 22 heavy (non-hydrogen) atoms. The Labute approximate surface area is 130 Å². The summed E-state index contributed by atoms with van der Waals surface area (Å²) in [5.41, 5.74) is 1.36. The molecule has 3 rings (SSSR count). The van der Waals surface area contributed by atoms with Crippen LogP contribution in [0.2, 0.25) is 0 Å². The minimum absolute atomic E-state index is 0.0539. The van der Waals surface area contributed by atoms with Gasteiger partial charge in [-0.3, -0.25) is 5.32 Å². The number of carbonyl (C=O) groups excluding carboxylic acids is 1. The van der Waals surface area contributed by atoms with E-state index in [2.05, 4.69) is 40.1 Å². The van der Waals surface area contributed by atoms with E-state index < -0.39 is 0 Å². The largest absolute Gasteiger partial charge is 0.360 e. The molecule has 0 saturated heterocycles. The molecule has 0 bridgehead atoms. The van der Waals surface area contributed by atoms with Crippen LogP contribution in [0.4, 0.5) is 10.6 Å². The van der Waals surface area contributed by atoms with Crippen molar-refractivity contribution in [2.24, 2.45) is 0 Å². The van der Waals surface area contributed by atoms with E-state index in [1.165, 1.54) is 18.4 Å². The number of aromatic nitrogens is 1. The van der Waals surface area contributed by atoms with Crippen LogP contribution in [0.5, 0.6) is 0 Å². The molecule has 1 aromatic heterocycles. The van der Waals surface area contributed by atoms with Crippen LogP contribution in [0.25, 0.3) is 0 Å². The number of nitrogens with one attached hydrogen (secondary N) is 2. The van der Waals surface area contributed by atoms with Crippen LogP contribution < -0.4 is 10.6 Å². The molecule has 1 aliphatic carbocycles. The third kappa shape index (κ3) is 3.13. The Morgan fingerprint density at radius 3 is 2.64 bits per heavy atom. The monoisotopic (exact) mass is 299 g/mol. The van der Waals surface area contributed by atoms with Crippen LogP contribution in [0.15, 0.2) is 40.9 Å². The molecule has 1 heterocycles. The molecule has 0 atom stereocenters. The second-order valence-corrected chi connectivity index (χ2v) is 5.98. The number of benzene rings is 1. The molecule has 5 heteroatoms. The summed E-state index contributed by atoms with van der Waals surface area (Å²) in [5.74, 6) is 1.11. The fourth-order valence-corrected chi connectivity index (χ4v) is 3.25. The van der Waals surface area contributed by atoms with Gasteiger partial charge in [-0.15, -0.1) is 0 Å². The van der Waals surface area contributed by atoms with Crippen molar-refractivity contribution in [2.75, 3.05) is 11.9 Å². The predicted octanol–water partition coefficient (Wildman–Crippen LogP) is 3.62. The van der Waals surface area contributed by atoms with Crippen molar-refractivity contribution >= 4 is 11.8 Å². The van der Waals surface area contributed by atoms with Gasteiger partial charge in [0.05, 0.1) is 0 Å². The van der Waals surface area contributed by atoms with E-state index in [0.29, 0.717) is 18.1 Å². The fraction of sp³-hybridized carbons (Fsp3) is 0.412. The van der Waals surface area contributed by atoms with Gasteiger partial charge >= 0.3 is 6.03 Å². The Morgan fingerprint density at radius 1 is 1.27 bits per heavy atom. The van der Waals surface area contributed by atoms with Gasteiger partial charge in [0, 0.05) is 18.0 Å². The summed E-state index contributed by atoms with van der Waals surface area (Å²) < 4.78 is 4.94. The number of hydrogen-bond acceptors (Lipinski definition) is 3. The number of urea groups is 1. The second kappa shape index (κ2) is 6.22. The zero-order chi connectivity index (χ0) is 15.4. The lowest BCUT2D eigenvalue weighted by atomic mass is 9.79. The minimum Gasteiger partial charge on any atom is -0.360 e. The molecule has 0 radical (unpaired) electrons. The van der Waals surface area contributed by atoms with E-state index in [9.17, 15) is 4.79 Å². The van der Waals surface area contributed by atoms with Crippen molar-refractivity contribution < 1.29 is 9.32 Å². The van der Waals surface area contributed by atoms with Gasteiger partial charge in [-0.1, -0.05) is 48.3 Å². The van der Waals surface area contributed by atoms with Crippen molar-refractivity contribution in [3.63, 3.8) is 0 Å². The average molecular weight is 299 g/mol. The lowest BCUT2D eigenvalue weighted by Crippen LogP contribution is -2.40. The van der Waals surface area contributed by atoms with Gasteiger partial charge in [0.15, 0.2) is 5.82 Å². The zero-order valence-corrected chi connectivity index (χ0v) is 12.8. The molecule has 1 aromatic carbocycles. The highest BCUT2D eigenvalue weighted by atomic mass is 16.5. The van der Waals surface area contributed by atoms with Gasteiger partial charge in [0.1, 0.15) is 5.76 Å². The Kier molecular flexibility index (Phi) is 4.13.